The molecule has 0 aromatic rings. The van der Waals surface area contributed by atoms with E-state index < -0.39 is 11.6 Å². The van der Waals surface area contributed by atoms with Crippen LogP contribution in [0.4, 0.5) is 4.79 Å². The maximum atomic E-state index is 11.9. The first-order valence-electron chi connectivity index (χ1n) is 6.26. The first-order valence-corrected chi connectivity index (χ1v) is 6.26. The van der Waals surface area contributed by atoms with Gasteiger partial charge in [0.2, 0.25) is 0 Å². The molecular formula is C12H22N2O4. The van der Waals surface area contributed by atoms with Crippen molar-refractivity contribution in [2.75, 3.05) is 13.1 Å². The molecule has 3 unspecified atom stereocenters. The van der Waals surface area contributed by atoms with Crippen LogP contribution in [-0.2, 0) is 4.79 Å². The Morgan fingerprint density at radius 3 is 2.61 bits per heavy atom. The first kappa shape index (κ1) is 14.8. The summed E-state index contributed by atoms with van der Waals surface area (Å²) in [5, 5.41) is 20.7. The third-order valence-electron chi connectivity index (χ3n) is 3.68. The van der Waals surface area contributed by atoms with E-state index in [4.69, 9.17) is 5.11 Å². The Bertz CT molecular complexity index is 330. The van der Waals surface area contributed by atoms with Crippen molar-refractivity contribution < 1.29 is 19.8 Å². The van der Waals surface area contributed by atoms with Crippen molar-refractivity contribution in [1.82, 2.24) is 10.2 Å². The van der Waals surface area contributed by atoms with Crippen molar-refractivity contribution >= 4 is 12.0 Å². The number of aliphatic carboxylic acids is 1. The molecule has 0 aromatic carbocycles. The number of hydrogen-bond donors (Lipinski definition) is 3. The van der Waals surface area contributed by atoms with E-state index in [0.29, 0.717) is 12.5 Å². The van der Waals surface area contributed by atoms with Gasteiger partial charge in [0.05, 0.1) is 6.54 Å². The van der Waals surface area contributed by atoms with Gasteiger partial charge in [0.1, 0.15) is 0 Å². The minimum atomic E-state index is -1.93. The monoisotopic (exact) mass is 258 g/mol. The van der Waals surface area contributed by atoms with Crippen LogP contribution in [0.2, 0.25) is 0 Å². The highest BCUT2D eigenvalue weighted by atomic mass is 16.4. The molecule has 2 amide bonds. The van der Waals surface area contributed by atoms with E-state index in [0.717, 1.165) is 19.8 Å². The molecule has 1 rings (SSSR count). The topological polar surface area (TPSA) is 89.9 Å². The maximum absolute atomic E-state index is 11.9. The normalized spacial score (nSPS) is 27.4. The zero-order valence-corrected chi connectivity index (χ0v) is 11.1. The van der Waals surface area contributed by atoms with E-state index in [2.05, 4.69) is 12.2 Å². The van der Waals surface area contributed by atoms with Crippen LogP contribution in [0.1, 0.15) is 33.6 Å². The summed E-state index contributed by atoms with van der Waals surface area (Å²) in [6, 6.07) is -0.177. The number of hydrogen-bond acceptors (Lipinski definition) is 3. The summed E-state index contributed by atoms with van der Waals surface area (Å²) in [6.07, 6.45) is 2.05. The number of amides is 2. The second kappa shape index (κ2) is 5.56. The fourth-order valence-electron chi connectivity index (χ4n) is 2.05. The Kier molecular flexibility index (Phi) is 4.56. The number of carbonyl (C=O) groups excluding carboxylic acids is 1. The van der Waals surface area contributed by atoms with Crippen LogP contribution < -0.4 is 5.32 Å². The first-order chi connectivity index (χ1) is 8.25. The van der Waals surface area contributed by atoms with Crippen LogP contribution in [0.15, 0.2) is 0 Å². The largest absolute Gasteiger partial charge is 0.479 e. The molecular weight excluding hydrogens is 236 g/mol. The van der Waals surface area contributed by atoms with Gasteiger partial charge in [-0.3, -0.25) is 0 Å². The lowest BCUT2D eigenvalue weighted by atomic mass is 9.92. The smallest absolute Gasteiger partial charge is 0.337 e. The van der Waals surface area contributed by atoms with Gasteiger partial charge in [0.25, 0.3) is 0 Å². The quantitative estimate of drug-likeness (QED) is 0.693. The van der Waals surface area contributed by atoms with Crippen LogP contribution in [0, 0.1) is 5.92 Å². The Labute approximate surface area is 107 Å². The van der Waals surface area contributed by atoms with E-state index in [1.807, 2.05) is 6.92 Å². The molecule has 0 aromatic heterocycles. The van der Waals surface area contributed by atoms with Gasteiger partial charge in [-0.05, 0) is 32.6 Å². The van der Waals surface area contributed by atoms with Crippen molar-refractivity contribution in [3.8, 4) is 0 Å². The molecule has 1 heterocycles. The zero-order valence-electron chi connectivity index (χ0n) is 11.1. The molecule has 1 aliphatic heterocycles. The Morgan fingerprint density at radius 2 is 2.06 bits per heavy atom. The molecule has 0 spiro atoms. The Hall–Kier alpha value is -1.30. The van der Waals surface area contributed by atoms with Crippen molar-refractivity contribution in [3.63, 3.8) is 0 Å². The maximum Gasteiger partial charge on any atom is 0.337 e. The van der Waals surface area contributed by atoms with Gasteiger partial charge in [-0.2, -0.15) is 0 Å². The van der Waals surface area contributed by atoms with Gasteiger partial charge in [-0.15, -0.1) is 0 Å². The van der Waals surface area contributed by atoms with Gasteiger partial charge in [0.15, 0.2) is 5.60 Å². The Morgan fingerprint density at radius 1 is 1.44 bits per heavy atom. The lowest BCUT2D eigenvalue weighted by molar-refractivity contribution is -0.155. The number of piperidine rings is 1. The molecule has 0 radical (unpaired) electrons. The summed E-state index contributed by atoms with van der Waals surface area (Å²) in [7, 11) is 0. The zero-order chi connectivity index (χ0) is 13.9. The summed E-state index contributed by atoms with van der Waals surface area (Å²) in [6.45, 7) is 5.62. The van der Waals surface area contributed by atoms with Crippen molar-refractivity contribution in [3.05, 3.63) is 0 Å². The van der Waals surface area contributed by atoms with Gasteiger partial charge >= 0.3 is 12.0 Å². The summed E-state index contributed by atoms with van der Waals surface area (Å²) in [5.74, 6) is -0.910. The number of carbonyl (C=O) groups is 2. The second-order valence-electron chi connectivity index (χ2n) is 5.29. The van der Waals surface area contributed by atoms with Crippen LogP contribution in [0.5, 0.6) is 0 Å². The average Bonchev–Trinajstić information content (AvgIpc) is 2.29. The molecule has 3 atom stereocenters. The van der Waals surface area contributed by atoms with Gasteiger partial charge < -0.3 is 20.4 Å². The lowest BCUT2D eigenvalue weighted by Crippen LogP contribution is -2.54. The minimum absolute atomic E-state index is 0.133. The fourth-order valence-corrected chi connectivity index (χ4v) is 2.05. The fraction of sp³-hybridized carbons (Fsp3) is 0.833. The van der Waals surface area contributed by atoms with Crippen LogP contribution in [-0.4, -0.2) is 51.8 Å². The number of carboxylic acids is 1. The number of carboxylic acid groups (broad SMARTS) is 1. The van der Waals surface area contributed by atoms with E-state index in [-0.39, 0.29) is 18.6 Å². The molecule has 1 saturated heterocycles. The minimum Gasteiger partial charge on any atom is -0.479 e. The third kappa shape index (κ3) is 3.35. The van der Waals surface area contributed by atoms with E-state index >= 15 is 0 Å². The number of aliphatic hydroxyl groups is 1. The highest BCUT2D eigenvalue weighted by Crippen LogP contribution is 2.22. The molecule has 0 saturated carbocycles. The Balaban J connectivity index is 2.53. The van der Waals surface area contributed by atoms with Crippen LogP contribution in [0.25, 0.3) is 0 Å². The van der Waals surface area contributed by atoms with Crippen LogP contribution in [0.3, 0.4) is 0 Å². The van der Waals surface area contributed by atoms with Gasteiger partial charge in [0, 0.05) is 12.6 Å². The average molecular weight is 258 g/mol. The van der Waals surface area contributed by atoms with Gasteiger partial charge in [-0.1, -0.05) is 6.92 Å². The number of nitrogens with one attached hydrogen (secondary N) is 1. The van der Waals surface area contributed by atoms with E-state index in [9.17, 15) is 14.7 Å². The van der Waals surface area contributed by atoms with Crippen LogP contribution >= 0.6 is 0 Å². The molecule has 18 heavy (non-hydrogen) atoms. The molecule has 1 fully saturated rings. The van der Waals surface area contributed by atoms with Crippen molar-refractivity contribution in [2.24, 2.45) is 5.92 Å². The SMILES string of the molecule is CC1CCCN(C(=O)NCC(C)(O)C(=O)O)C1C. The standard InChI is InChI=1S/C12H22N2O4/c1-8-5-4-6-14(9(8)2)11(17)13-7-12(3,18)10(15)16/h8-9,18H,4-7H2,1-3H3,(H,13,17)(H,15,16). The molecule has 0 bridgehead atoms. The molecule has 104 valence electrons. The summed E-state index contributed by atoms with van der Waals surface area (Å²) >= 11 is 0. The lowest BCUT2D eigenvalue weighted by Gasteiger charge is -2.38. The number of nitrogens with zero attached hydrogens (tertiary/aromatic N) is 1. The summed E-state index contributed by atoms with van der Waals surface area (Å²) < 4.78 is 0. The van der Waals surface area contributed by atoms with Crippen molar-refractivity contribution in [2.45, 2.75) is 45.3 Å². The third-order valence-corrected chi connectivity index (χ3v) is 3.68. The molecule has 3 N–H and O–H groups in total. The summed E-state index contributed by atoms with van der Waals surface area (Å²) in [4.78, 5) is 24.3. The summed E-state index contributed by atoms with van der Waals surface area (Å²) in [5.41, 5.74) is -1.93. The second-order valence-corrected chi connectivity index (χ2v) is 5.29. The van der Waals surface area contributed by atoms with E-state index in [1.165, 1.54) is 0 Å². The number of likely N-dealkylation sites (tertiary alicyclic amines) is 1. The predicted molar refractivity (Wildman–Crippen MR) is 66.2 cm³/mol. The number of rotatable bonds is 3. The van der Waals surface area contributed by atoms with Crippen molar-refractivity contribution in [1.29, 1.82) is 0 Å². The molecule has 1 aliphatic rings. The predicted octanol–water partition coefficient (Wildman–Crippen LogP) is 0.652. The molecule has 6 heteroatoms. The highest BCUT2D eigenvalue weighted by molar-refractivity contribution is 5.79. The molecule has 0 aliphatic carbocycles. The highest BCUT2D eigenvalue weighted by Gasteiger charge is 2.33. The van der Waals surface area contributed by atoms with E-state index in [1.54, 1.807) is 4.90 Å². The number of urea groups is 1. The molecule has 6 nitrogen and oxygen atoms in total. The van der Waals surface area contributed by atoms with Gasteiger partial charge in [-0.25, -0.2) is 9.59 Å².